The van der Waals surface area contributed by atoms with Gasteiger partial charge >= 0.3 is 0 Å². The molecule has 0 atom stereocenters. The van der Waals surface area contributed by atoms with Gasteiger partial charge in [0.25, 0.3) is 0 Å². The van der Waals surface area contributed by atoms with Gasteiger partial charge in [-0.05, 0) is 53.8 Å². The van der Waals surface area contributed by atoms with Crippen LogP contribution in [0.4, 0.5) is 28.4 Å². The van der Waals surface area contributed by atoms with Gasteiger partial charge in [-0.15, -0.1) is 0 Å². The number of para-hydroxylation sites is 2. The highest BCUT2D eigenvalue weighted by Gasteiger charge is 2.27. The van der Waals surface area contributed by atoms with Crippen molar-refractivity contribution in [2.75, 3.05) is 9.80 Å². The molecule has 0 bridgehead atoms. The van der Waals surface area contributed by atoms with Gasteiger partial charge in [0.05, 0.1) is 17.1 Å². The smallest absolute Gasteiger partial charge is 0.0620 e. The van der Waals surface area contributed by atoms with E-state index < -0.39 is 0 Å². The van der Waals surface area contributed by atoms with Crippen molar-refractivity contribution in [3.05, 3.63) is 186 Å². The highest BCUT2D eigenvalue weighted by Crippen LogP contribution is 2.51. The predicted octanol–water partition coefficient (Wildman–Crippen LogP) is 11.1. The molecule has 0 fully saturated rings. The second kappa shape index (κ2) is 11.9. The third-order valence-corrected chi connectivity index (χ3v) is 9.65. The molecular weight excluding hydrogens is 581 g/mol. The summed E-state index contributed by atoms with van der Waals surface area (Å²) >= 11 is 0. The van der Waals surface area contributed by atoms with E-state index in [2.05, 4.69) is 192 Å². The molecule has 228 valence electrons. The van der Waals surface area contributed by atoms with Gasteiger partial charge in [0.1, 0.15) is 0 Å². The first-order valence-electron chi connectivity index (χ1n) is 16.8. The van der Waals surface area contributed by atoms with Crippen LogP contribution in [0, 0.1) is 0 Å². The number of benzene rings is 8. The van der Waals surface area contributed by atoms with Crippen LogP contribution in [0.2, 0.25) is 0 Å². The van der Waals surface area contributed by atoms with Crippen molar-refractivity contribution in [2.24, 2.45) is 0 Å². The zero-order valence-corrected chi connectivity index (χ0v) is 26.6. The van der Waals surface area contributed by atoms with E-state index in [0.717, 1.165) is 24.2 Å². The van der Waals surface area contributed by atoms with Crippen LogP contribution in [-0.2, 0) is 0 Å². The van der Waals surface area contributed by atoms with Crippen LogP contribution in [0.25, 0.3) is 44.1 Å². The first-order chi connectivity index (χ1) is 23.9. The van der Waals surface area contributed by atoms with E-state index in [9.17, 15) is 0 Å². The van der Waals surface area contributed by atoms with Crippen LogP contribution in [-0.4, -0.2) is 0 Å². The number of fused-ring (bicyclic) bond motifs is 4. The molecule has 0 radical (unpaired) electrons. The maximum atomic E-state index is 2.55. The van der Waals surface area contributed by atoms with E-state index in [1.165, 1.54) is 65.5 Å². The van der Waals surface area contributed by atoms with Crippen LogP contribution < -0.4 is 20.2 Å². The fraction of sp³-hybridized carbons (Fsp3) is 0.0435. The zero-order valence-electron chi connectivity index (χ0n) is 26.6. The van der Waals surface area contributed by atoms with E-state index in [0.29, 0.717) is 0 Å². The lowest BCUT2D eigenvalue weighted by atomic mass is 9.94. The molecule has 0 aromatic heterocycles. The first kappa shape index (κ1) is 28.1. The quantitative estimate of drug-likeness (QED) is 0.136. The minimum Gasteiger partial charge on any atom is -0.312 e. The molecule has 0 N–H and O–H groups in total. The van der Waals surface area contributed by atoms with E-state index in [4.69, 9.17) is 0 Å². The summed E-state index contributed by atoms with van der Waals surface area (Å²) < 4.78 is 0. The van der Waals surface area contributed by atoms with Crippen molar-refractivity contribution in [3.8, 4) is 0 Å². The molecule has 2 heteroatoms. The fourth-order valence-electron chi connectivity index (χ4n) is 7.60. The Kier molecular flexibility index (Phi) is 6.98. The molecule has 9 rings (SSSR count). The second-order valence-electron chi connectivity index (χ2n) is 12.4. The van der Waals surface area contributed by atoms with Gasteiger partial charge in [-0.25, -0.2) is 0 Å². The van der Waals surface area contributed by atoms with Gasteiger partial charge in [0.15, 0.2) is 0 Å². The van der Waals surface area contributed by atoms with Crippen molar-refractivity contribution < 1.29 is 0 Å². The van der Waals surface area contributed by atoms with Crippen molar-refractivity contribution in [1.29, 1.82) is 0 Å². The van der Waals surface area contributed by atoms with Gasteiger partial charge in [-0.3, -0.25) is 0 Å². The van der Waals surface area contributed by atoms with Crippen LogP contribution in [0.1, 0.15) is 12.8 Å². The molecule has 0 saturated carbocycles. The molecule has 2 nitrogen and oxygen atoms in total. The third kappa shape index (κ3) is 4.65. The van der Waals surface area contributed by atoms with Gasteiger partial charge in [0, 0.05) is 49.2 Å². The summed E-state index contributed by atoms with van der Waals surface area (Å²) in [5.41, 5.74) is 7.19. The molecule has 48 heavy (non-hydrogen) atoms. The highest BCUT2D eigenvalue weighted by molar-refractivity contribution is 6.24. The topological polar surface area (TPSA) is 6.48 Å². The number of nitrogens with zero attached hydrogens (tertiary/aromatic N) is 2. The lowest BCUT2D eigenvalue weighted by Gasteiger charge is -2.34. The Bertz CT molecular complexity index is 2510. The molecule has 0 amide bonds. The average molecular weight is 615 g/mol. The summed E-state index contributed by atoms with van der Waals surface area (Å²) in [5.74, 6) is 0. The van der Waals surface area contributed by atoms with Gasteiger partial charge < -0.3 is 9.80 Å². The Morgan fingerprint density at radius 1 is 0.375 bits per heavy atom. The van der Waals surface area contributed by atoms with Gasteiger partial charge in [-0.2, -0.15) is 0 Å². The number of hydrogen-bond donors (Lipinski definition) is 0. The van der Waals surface area contributed by atoms with Gasteiger partial charge in [-0.1, -0.05) is 152 Å². The molecule has 1 aliphatic carbocycles. The van der Waals surface area contributed by atoms with Crippen molar-refractivity contribution in [2.45, 2.75) is 12.8 Å². The van der Waals surface area contributed by atoms with E-state index >= 15 is 0 Å². The summed E-state index contributed by atoms with van der Waals surface area (Å²) in [5, 5.41) is 9.90. The summed E-state index contributed by atoms with van der Waals surface area (Å²) in [6, 6.07) is 63.9. The zero-order chi connectivity index (χ0) is 31.9. The molecule has 8 aromatic rings. The summed E-state index contributed by atoms with van der Waals surface area (Å²) in [6.07, 6.45) is 4.35. The Hall–Kier alpha value is -6.12. The maximum absolute atomic E-state index is 2.55. The summed E-state index contributed by atoms with van der Waals surface area (Å²) in [4.78, 5) is 5.02. The van der Waals surface area contributed by atoms with Crippen molar-refractivity contribution >= 4 is 72.5 Å². The third-order valence-electron chi connectivity index (χ3n) is 9.65. The average Bonchev–Trinajstić information content (AvgIpc) is 3.17. The standard InChI is InChI=1S/C46H34N2/c1-3-21-35(22-4-1)47(43-31-15-19-33-17-7-9-25-37(33)43)45-39-27-11-13-29-41(39)46(42-30-14-12-28-40(42)45)48(36-23-5-2-6-24-36)44-32-16-20-34-18-8-10-26-38(34)44/h1-15,17-31H,16,32H2. The molecule has 0 unspecified atom stereocenters. The Morgan fingerprint density at radius 3 is 1.50 bits per heavy atom. The Morgan fingerprint density at radius 2 is 0.854 bits per heavy atom. The predicted molar refractivity (Wildman–Crippen MR) is 205 cm³/mol. The molecule has 0 heterocycles. The number of hydrogen-bond acceptors (Lipinski definition) is 2. The summed E-state index contributed by atoms with van der Waals surface area (Å²) in [7, 11) is 0. The molecule has 1 aliphatic rings. The van der Waals surface area contributed by atoms with Crippen LogP contribution in [0.5, 0.6) is 0 Å². The van der Waals surface area contributed by atoms with Gasteiger partial charge in [0.2, 0.25) is 0 Å². The Balaban J connectivity index is 1.44. The van der Waals surface area contributed by atoms with Crippen LogP contribution in [0.15, 0.2) is 176 Å². The minimum absolute atomic E-state index is 0.961. The lowest BCUT2D eigenvalue weighted by molar-refractivity contribution is 1.03. The van der Waals surface area contributed by atoms with Crippen LogP contribution in [0.3, 0.4) is 0 Å². The molecule has 0 spiro atoms. The molecule has 0 aliphatic heterocycles. The highest BCUT2D eigenvalue weighted by atomic mass is 15.2. The SMILES string of the molecule is C1=c2ccccc2=C(N(c2ccccc2)c2c3ccccc3c(N(c3ccccc3)c3cccc4ccccc34)c3ccccc23)CC1. The van der Waals surface area contributed by atoms with E-state index in [1.807, 2.05) is 0 Å². The lowest BCUT2D eigenvalue weighted by Crippen LogP contribution is -2.35. The number of anilines is 5. The molecule has 8 aromatic carbocycles. The second-order valence-corrected chi connectivity index (χ2v) is 12.4. The maximum Gasteiger partial charge on any atom is 0.0620 e. The number of rotatable bonds is 6. The first-order valence-corrected chi connectivity index (χ1v) is 16.8. The van der Waals surface area contributed by atoms with Crippen molar-refractivity contribution in [1.82, 2.24) is 0 Å². The minimum atomic E-state index is 0.961. The fourth-order valence-corrected chi connectivity index (χ4v) is 7.60. The van der Waals surface area contributed by atoms with E-state index in [1.54, 1.807) is 0 Å². The summed E-state index contributed by atoms with van der Waals surface area (Å²) in [6.45, 7) is 0. The molecule has 0 saturated heterocycles. The normalized spacial score (nSPS) is 12.5. The van der Waals surface area contributed by atoms with E-state index in [-0.39, 0.29) is 0 Å². The Labute approximate surface area is 280 Å². The largest absolute Gasteiger partial charge is 0.312 e. The molecular formula is C46H34N2. The monoisotopic (exact) mass is 614 g/mol. The van der Waals surface area contributed by atoms with Crippen LogP contribution >= 0.6 is 0 Å². The van der Waals surface area contributed by atoms with Crippen molar-refractivity contribution in [3.63, 3.8) is 0 Å².